The van der Waals surface area contributed by atoms with Crippen molar-refractivity contribution in [2.24, 2.45) is 5.73 Å². The molecule has 0 spiro atoms. The van der Waals surface area contributed by atoms with Crippen LogP contribution in [0.15, 0.2) is 0 Å². The van der Waals surface area contributed by atoms with Gasteiger partial charge in [0, 0.05) is 0 Å². The summed E-state index contributed by atoms with van der Waals surface area (Å²) in [5.74, 6) is -0.278. The van der Waals surface area contributed by atoms with Gasteiger partial charge in [0.1, 0.15) is 0 Å². The molecule has 0 heterocycles. The van der Waals surface area contributed by atoms with Crippen LogP contribution in [-0.4, -0.2) is 14.6 Å². The van der Waals surface area contributed by atoms with E-state index >= 15 is 0 Å². The van der Waals surface area contributed by atoms with E-state index in [9.17, 15) is 8.76 Å². The van der Waals surface area contributed by atoms with Gasteiger partial charge in [-0.2, -0.15) is 0 Å². The number of nitrogens with two attached hydrogens (primary N) is 1. The molecule has 4 heteroatoms. The van der Waals surface area contributed by atoms with E-state index in [1.807, 2.05) is 0 Å². The zero-order chi connectivity index (χ0) is 4.28. The first kappa shape index (κ1) is 5.07. The zero-order valence-corrected chi connectivity index (χ0v) is 3.33. The van der Waals surface area contributed by atoms with Gasteiger partial charge < -0.3 is 10.3 Å². The topological polar surface area (TPSA) is 66.2 Å². The Kier molecular flexibility index (Phi) is 2.35. The lowest BCUT2D eigenvalue weighted by molar-refractivity contribution is 0.537. The molecule has 0 aromatic carbocycles. The van der Waals surface area contributed by atoms with E-state index in [0.717, 1.165) is 0 Å². The third kappa shape index (κ3) is 4.07. The van der Waals surface area contributed by atoms with E-state index < -0.39 is 11.1 Å². The van der Waals surface area contributed by atoms with Gasteiger partial charge in [-0.05, 0) is 11.1 Å². The minimum atomic E-state index is -2.04. The molecule has 0 aliphatic rings. The Morgan fingerprint density at radius 1 is 2.00 bits per heavy atom. The lowest BCUT2D eigenvalue weighted by atomic mass is 11.6. The van der Waals surface area contributed by atoms with Gasteiger partial charge in [0.2, 0.25) is 0 Å². The van der Waals surface area contributed by atoms with Crippen molar-refractivity contribution >= 4 is 11.1 Å². The third-order valence-electron chi connectivity index (χ3n) is 0.136. The fourth-order valence-electron chi connectivity index (χ4n) is 0. The lowest BCUT2D eigenvalue weighted by Crippen LogP contribution is -2.04. The molecular weight excluding hydrogens is 90.1 g/mol. The molecular formula is CH4NO2S-. The molecule has 3 nitrogen and oxygen atoms in total. The van der Waals surface area contributed by atoms with Crippen LogP contribution in [0.2, 0.25) is 0 Å². The Morgan fingerprint density at radius 2 is 2.20 bits per heavy atom. The maximum Gasteiger partial charge on any atom is 0.0563 e. The monoisotopic (exact) mass is 94.0 g/mol. The molecule has 0 saturated carbocycles. The number of hydrogen-bond acceptors (Lipinski definition) is 3. The molecule has 0 amide bonds. The van der Waals surface area contributed by atoms with Crippen molar-refractivity contribution in [2.45, 2.75) is 0 Å². The third-order valence-corrected chi connectivity index (χ3v) is 0.408. The van der Waals surface area contributed by atoms with Crippen LogP contribution in [0.1, 0.15) is 0 Å². The summed E-state index contributed by atoms with van der Waals surface area (Å²) >= 11 is -2.04. The van der Waals surface area contributed by atoms with Crippen molar-refractivity contribution in [2.75, 3.05) is 5.88 Å². The van der Waals surface area contributed by atoms with E-state index in [4.69, 9.17) is 0 Å². The average Bonchev–Trinajstić information content (AvgIpc) is 1.38. The summed E-state index contributed by atoms with van der Waals surface area (Å²) in [5.41, 5.74) is 4.56. The first-order valence-corrected chi connectivity index (χ1v) is 2.27. The van der Waals surface area contributed by atoms with Crippen LogP contribution in [0.25, 0.3) is 0 Å². The molecule has 32 valence electrons. The Hall–Kier alpha value is 0.0700. The first-order chi connectivity index (χ1) is 2.27. The second-order valence-electron chi connectivity index (χ2n) is 0.470. The SMILES string of the molecule is NCS(=O)[O-]. The van der Waals surface area contributed by atoms with E-state index in [-0.39, 0.29) is 5.88 Å². The molecule has 0 fully saturated rings. The van der Waals surface area contributed by atoms with Crippen LogP contribution in [0.3, 0.4) is 0 Å². The van der Waals surface area contributed by atoms with Gasteiger partial charge in [0.05, 0.1) is 5.88 Å². The van der Waals surface area contributed by atoms with E-state index in [1.165, 1.54) is 0 Å². The van der Waals surface area contributed by atoms with Crippen LogP contribution in [0.5, 0.6) is 0 Å². The van der Waals surface area contributed by atoms with E-state index in [0.29, 0.717) is 0 Å². The van der Waals surface area contributed by atoms with Gasteiger partial charge in [-0.25, -0.2) is 0 Å². The van der Waals surface area contributed by atoms with Gasteiger partial charge in [-0.3, -0.25) is 4.21 Å². The number of rotatable bonds is 1. The van der Waals surface area contributed by atoms with Gasteiger partial charge in [0.25, 0.3) is 0 Å². The largest absolute Gasteiger partial charge is 0.771 e. The minimum Gasteiger partial charge on any atom is -0.771 e. The van der Waals surface area contributed by atoms with Crippen molar-refractivity contribution in [3.05, 3.63) is 0 Å². The molecule has 0 radical (unpaired) electrons. The molecule has 0 saturated heterocycles. The second kappa shape index (κ2) is 2.32. The van der Waals surface area contributed by atoms with Gasteiger partial charge >= 0.3 is 0 Å². The zero-order valence-electron chi connectivity index (χ0n) is 2.51. The summed E-state index contributed by atoms with van der Waals surface area (Å²) in [6.45, 7) is 0. The smallest absolute Gasteiger partial charge is 0.0563 e. The fourth-order valence-corrected chi connectivity index (χ4v) is 0. The molecule has 5 heavy (non-hydrogen) atoms. The van der Waals surface area contributed by atoms with Crippen LogP contribution in [-0.2, 0) is 11.1 Å². The summed E-state index contributed by atoms with van der Waals surface area (Å²) in [6.07, 6.45) is 0. The van der Waals surface area contributed by atoms with Crippen molar-refractivity contribution in [3.8, 4) is 0 Å². The predicted octanol–water partition coefficient (Wildman–Crippen LogP) is -1.22. The molecule has 0 aliphatic heterocycles. The fraction of sp³-hybridized carbons (Fsp3) is 1.00. The molecule has 2 N–H and O–H groups in total. The highest BCUT2D eigenvalue weighted by Crippen LogP contribution is 1.54. The first-order valence-electron chi connectivity index (χ1n) is 1.03. The summed E-state index contributed by atoms with van der Waals surface area (Å²) in [6, 6.07) is 0. The van der Waals surface area contributed by atoms with E-state index in [1.54, 1.807) is 0 Å². The predicted molar refractivity (Wildman–Crippen MR) is 18.0 cm³/mol. The highest BCUT2D eigenvalue weighted by Gasteiger charge is 1.61. The summed E-state index contributed by atoms with van der Waals surface area (Å²) in [4.78, 5) is 0. The normalized spacial score (nSPS) is 14.8. The molecule has 0 aliphatic carbocycles. The van der Waals surface area contributed by atoms with Crippen molar-refractivity contribution in [3.63, 3.8) is 0 Å². The second-order valence-corrected chi connectivity index (χ2v) is 1.41. The molecule has 1 atom stereocenters. The van der Waals surface area contributed by atoms with Crippen molar-refractivity contribution < 1.29 is 8.76 Å². The van der Waals surface area contributed by atoms with Crippen molar-refractivity contribution in [1.82, 2.24) is 0 Å². The Morgan fingerprint density at radius 3 is 2.20 bits per heavy atom. The maximum absolute atomic E-state index is 9.24. The highest BCUT2D eigenvalue weighted by atomic mass is 32.2. The Labute approximate surface area is 32.5 Å². The average molecular weight is 94.1 g/mol. The van der Waals surface area contributed by atoms with E-state index in [2.05, 4.69) is 5.73 Å². The van der Waals surface area contributed by atoms with Crippen LogP contribution in [0, 0.1) is 0 Å². The quantitative estimate of drug-likeness (QED) is 0.414. The molecule has 0 bridgehead atoms. The number of hydrogen-bond donors (Lipinski definition) is 1. The Balaban J connectivity index is 2.85. The highest BCUT2D eigenvalue weighted by molar-refractivity contribution is 7.79. The standard InChI is InChI=1S/CH5NO2S/c2-1-5(3)4/h1-2H2,(H,3,4)/p-1. The van der Waals surface area contributed by atoms with Crippen LogP contribution in [0.4, 0.5) is 0 Å². The Bertz CT molecular complexity index is 44.9. The van der Waals surface area contributed by atoms with Crippen LogP contribution < -0.4 is 5.73 Å². The molecule has 0 aromatic heterocycles. The van der Waals surface area contributed by atoms with Gasteiger partial charge in [0.15, 0.2) is 0 Å². The molecule has 0 rings (SSSR count). The lowest BCUT2D eigenvalue weighted by Gasteiger charge is -1.93. The maximum atomic E-state index is 9.24. The molecule has 0 aromatic rings. The summed E-state index contributed by atoms with van der Waals surface area (Å²) < 4.78 is 18.5. The van der Waals surface area contributed by atoms with Crippen molar-refractivity contribution in [1.29, 1.82) is 0 Å². The van der Waals surface area contributed by atoms with Gasteiger partial charge in [-0.1, -0.05) is 0 Å². The minimum absolute atomic E-state index is 0.278. The molecule has 1 unspecified atom stereocenters. The summed E-state index contributed by atoms with van der Waals surface area (Å²) in [5, 5.41) is 0. The van der Waals surface area contributed by atoms with Crippen LogP contribution >= 0.6 is 0 Å². The summed E-state index contributed by atoms with van der Waals surface area (Å²) in [7, 11) is 0. The van der Waals surface area contributed by atoms with Gasteiger partial charge in [-0.15, -0.1) is 0 Å².